The van der Waals surface area contributed by atoms with Crippen molar-refractivity contribution in [1.82, 2.24) is 0 Å². The third-order valence-electron chi connectivity index (χ3n) is 5.32. The van der Waals surface area contributed by atoms with Gasteiger partial charge in [0.1, 0.15) is 11.5 Å². The van der Waals surface area contributed by atoms with Crippen molar-refractivity contribution >= 4 is 46.3 Å². The molecule has 0 aliphatic heterocycles. The maximum absolute atomic E-state index is 11.0. The summed E-state index contributed by atoms with van der Waals surface area (Å²) in [7, 11) is 1.73. The van der Waals surface area contributed by atoms with Gasteiger partial charge in [-0.3, -0.25) is 9.78 Å². The Hall–Kier alpha value is -2.21. The van der Waals surface area contributed by atoms with Crippen LogP contribution in [0.1, 0.15) is 50.7 Å². The molecule has 0 heterocycles. The third-order valence-corrected chi connectivity index (χ3v) is 5.32. The Morgan fingerprint density at radius 2 is 1.58 bits per heavy atom. The average molecular weight is 461 g/mol. The summed E-state index contributed by atoms with van der Waals surface area (Å²) >= 11 is 0. The zero-order valence-electron chi connectivity index (χ0n) is 19.2. The van der Waals surface area contributed by atoms with E-state index in [4.69, 9.17) is 14.4 Å². The molecule has 3 aromatic carbocycles. The molecule has 0 aliphatic carbocycles. The number of fused-ring (bicyclic) bond motifs is 1. The summed E-state index contributed by atoms with van der Waals surface area (Å²) in [6, 6.07) is 17.9. The molecule has 172 valence electrons. The van der Waals surface area contributed by atoms with E-state index in [0.29, 0.717) is 12.4 Å². The van der Waals surface area contributed by atoms with Gasteiger partial charge in [-0.1, -0.05) is 49.7 Å². The van der Waals surface area contributed by atoms with E-state index < -0.39 is 5.97 Å². The number of aryl methyl sites for hydroxylation is 2. The number of hydrogen-bond acceptors (Lipinski definition) is 5. The van der Waals surface area contributed by atoms with Gasteiger partial charge in [0.2, 0.25) is 0 Å². The minimum absolute atomic E-state index is 0. The van der Waals surface area contributed by atoms with E-state index in [1.54, 1.807) is 13.2 Å². The average Bonchev–Trinajstić information content (AvgIpc) is 2.80. The fourth-order valence-corrected chi connectivity index (χ4v) is 3.80. The van der Waals surface area contributed by atoms with Crippen LogP contribution in [0.25, 0.3) is 10.8 Å². The van der Waals surface area contributed by atoms with Crippen LogP contribution in [0.2, 0.25) is 0 Å². The van der Waals surface area contributed by atoms with Crippen LogP contribution in [0.5, 0.6) is 17.2 Å². The molecule has 3 rings (SSSR count). The molecule has 0 amide bonds. The van der Waals surface area contributed by atoms with Crippen molar-refractivity contribution in [2.24, 2.45) is 0 Å². The Morgan fingerprint density at radius 3 is 2.27 bits per heavy atom. The van der Waals surface area contributed by atoms with Crippen molar-refractivity contribution in [2.45, 2.75) is 52.4 Å². The van der Waals surface area contributed by atoms with Gasteiger partial charge in [0.25, 0.3) is 0 Å². The van der Waals surface area contributed by atoms with Crippen molar-refractivity contribution in [3.63, 3.8) is 0 Å². The number of ether oxygens (including phenoxy) is 2. The zero-order chi connectivity index (χ0) is 22.8. The second-order valence-electron chi connectivity index (χ2n) is 7.82. The van der Waals surface area contributed by atoms with Gasteiger partial charge in [-0.2, -0.15) is 0 Å². The van der Waals surface area contributed by atoms with E-state index in [1.807, 2.05) is 30.3 Å². The van der Waals surface area contributed by atoms with Gasteiger partial charge in [0.15, 0.2) is 5.75 Å². The van der Waals surface area contributed by atoms with E-state index in [1.165, 1.54) is 18.1 Å². The Bertz CT molecular complexity index is 1030. The molecule has 6 heteroatoms. The van der Waals surface area contributed by atoms with Crippen molar-refractivity contribution < 1.29 is 24.0 Å². The van der Waals surface area contributed by atoms with Gasteiger partial charge in [-0.25, -0.2) is 4.79 Å². The summed E-state index contributed by atoms with van der Waals surface area (Å²) in [5.74, 6) is 1.78. The molecule has 0 N–H and O–H groups in total. The Morgan fingerprint density at radius 1 is 0.848 bits per heavy atom. The van der Waals surface area contributed by atoms with Crippen molar-refractivity contribution in [1.29, 1.82) is 0 Å². The summed E-state index contributed by atoms with van der Waals surface area (Å²) < 4.78 is 11.5. The van der Waals surface area contributed by atoms with Gasteiger partial charge in [0.05, 0.1) is 13.7 Å². The van der Waals surface area contributed by atoms with E-state index in [9.17, 15) is 4.79 Å². The summed E-state index contributed by atoms with van der Waals surface area (Å²) in [5.41, 5.74) is 2.66. The van der Waals surface area contributed by atoms with Gasteiger partial charge in [0, 0.05) is 17.7 Å². The Balaban J connectivity index is 0.00000385. The van der Waals surface area contributed by atoms with E-state index >= 15 is 0 Å². The summed E-state index contributed by atoms with van der Waals surface area (Å²) in [6.07, 6.45) is 6.42. The van der Waals surface area contributed by atoms with Crippen LogP contribution in [0, 0.1) is 0 Å². The topological polar surface area (TPSA) is 54.0 Å². The molecule has 0 fully saturated rings. The quantitative estimate of drug-likeness (QED) is 0.148. The van der Waals surface area contributed by atoms with E-state index in [2.05, 4.69) is 30.0 Å². The molecular formula is C27H33NaO5. The van der Waals surface area contributed by atoms with Crippen LogP contribution in [-0.2, 0) is 22.5 Å². The number of rotatable bonds is 12. The predicted molar refractivity (Wildman–Crippen MR) is 134 cm³/mol. The number of benzene rings is 3. The van der Waals surface area contributed by atoms with Gasteiger partial charge >= 0.3 is 35.5 Å². The van der Waals surface area contributed by atoms with Crippen molar-refractivity contribution in [2.75, 3.05) is 13.7 Å². The number of unbranched alkanes of at least 4 members (excludes halogenated alkanes) is 2. The number of carbonyl (C=O) groups excluding carboxylic acids is 1. The standard InChI is InChI=1S/C27H32O5.Na.H/c1-4-10-22-19-21(16-17-25(22)29-3)11-6-5-7-18-30-26-14-8-13-24-23(26)12-9-15-27(24)32-31-20(2)28;;/h8-9,12-17,19H,4-7,10-11,18H2,1-3H3;;. The predicted octanol–water partition coefficient (Wildman–Crippen LogP) is 5.80. The van der Waals surface area contributed by atoms with Crippen LogP contribution in [0.4, 0.5) is 0 Å². The SMILES string of the molecule is CCCc1cc(CCCCCOc2cccc3c(OOC(C)=O)cccc23)ccc1OC.[NaH]. The molecule has 5 nitrogen and oxygen atoms in total. The molecule has 0 aromatic heterocycles. The number of methoxy groups -OCH3 is 1. The first-order valence-electron chi connectivity index (χ1n) is 11.3. The monoisotopic (exact) mass is 460 g/mol. The molecular weight excluding hydrogens is 427 g/mol. The van der Waals surface area contributed by atoms with E-state index in [0.717, 1.165) is 60.8 Å². The van der Waals surface area contributed by atoms with Crippen LogP contribution < -0.4 is 14.4 Å². The third kappa shape index (κ3) is 7.95. The van der Waals surface area contributed by atoms with Crippen LogP contribution >= 0.6 is 0 Å². The van der Waals surface area contributed by atoms with Crippen LogP contribution in [0.3, 0.4) is 0 Å². The van der Waals surface area contributed by atoms with Crippen LogP contribution in [-0.4, -0.2) is 49.2 Å². The Kier molecular flexibility index (Phi) is 11.6. The normalized spacial score (nSPS) is 10.4. The minimum atomic E-state index is -0.495. The molecule has 3 aromatic rings. The number of hydrogen-bond donors (Lipinski definition) is 0. The molecule has 0 spiro atoms. The van der Waals surface area contributed by atoms with Gasteiger partial charge in [-0.15, -0.1) is 0 Å². The molecule has 0 bridgehead atoms. The fraction of sp³-hybridized carbons (Fsp3) is 0.370. The van der Waals surface area contributed by atoms with Gasteiger partial charge < -0.3 is 9.47 Å². The first-order valence-corrected chi connectivity index (χ1v) is 11.3. The molecule has 0 atom stereocenters. The zero-order valence-corrected chi connectivity index (χ0v) is 19.2. The summed E-state index contributed by atoms with van der Waals surface area (Å²) in [6.45, 7) is 4.14. The second kappa shape index (κ2) is 14.1. The number of carbonyl (C=O) groups is 1. The molecule has 0 saturated heterocycles. The molecule has 0 aliphatic rings. The summed E-state index contributed by atoms with van der Waals surface area (Å²) in [5, 5.41) is 1.77. The van der Waals surface area contributed by atoms with Crippen molar-refractivity contribution in [3.8, 4) is 17.2 Å². The maximum atomic E-state index is 11.0. The van der Waals surface area contributed by atoms with Crippen LogP contribution in [0.15, 0.2) is 54.6 Å². The Labute approximate surface area is 218 Å². The second-order valence-corrected chi connectivity index (χ2v) is 7.82. The fourth-order valence-electron chi connectivity index (χ4n) is 3.80. The molecule has 0 radical (unpaired) electrons. The molecule has 33 heavy (non-hydrogen) atoms. The van der Waals surface area contributed by atoms with Crippen molar-refractivity contribution in [3.05, 3.63) is 65.7 Å². The molecule has 0 unspecified atom stereocenters. The van der Waals surface area contributed by atoms with Gasteiger partial charge in [-0.05, 0) is 61.4 Å². The summed E-state index contributed by atoms with van der Waals surface area (Å²) in [4.78, 5) is 20.9. The van der Waals surface area contributed by atoms with E-state index in [-0.39, 0.29) is 29.6 Å². The molecule has 0 saturated carbocycles. The first kappa shape index (κ1) is 27.0. The first-order chi connectivity index (χ1) is 15.6.